The van der Waals surface area contributed by atoms with Crippen molar-refractivity contribution in [2.75, 3.05) is 11.9 Å². The summed E-state index contributed by atoms with van der Waals surface area (Å²) in [7, 11) is 0. The predicted molar refractivity (Wildman–Crippen MR) is 116 cm³/mol. The predicted octanol–water partition coefficient (Wildman–Crippen LogP) is 2.65. The van der Waals surface area contributed by atoms with E-state index in [0.29, 0.717) is 23.9 Å². The quantitative estimate of drug-likeness (QED) is 0.607. The molecule has 1 heterocycles. The van der Waals surface area contributed by atoms with Crippen LogP contribution in [0.15, 0.2) is 46.9 Å². The van der Waals surface area contributed by atoms with E-state index in [0.717, 1.165) is 29.5 Å². The average Bonchev–Trinajstić information content (AvgIpc) is 3.18. The second-order valence-corrected chi connectivity index (χ2v) is 7.35. The molecule has 0 spiro atoms. The van der Waals surface area contributed by atoms with Crippen molar-refractivity contribution < 1.29 is 14.3 Å². The molecular weight excluding hydrogens is 388 g/mol. The molecule has 1 amide bonds. The number of nitrogens with two attached hydrogens (primary N) is 1. The minimum atomic E-state index is -0.568. The summed E-state index contributed by atoms with van der Waals surface area (Å²) in [5, 5.41) is 20.6. The molecule has 8 heteroatoms. The van der Waals surface area contributed by atoms with E-state index in [9.17, 15) is 9.90 Å². The minimum absolute atomic E-state index is 0. The molecule has 1 aliphatic rings. The summed E-state index contributed by atoms with van der Waals surface area (Å²) < 4.78 is 5.86. The molecule has 4 rings (SSSR count). The van der Waals surface area contributed by atoms with Crippen LogP contribution >= 0.6 is 13.5 Å². The maximum Gasteiger partial charge on any atom is 0.248 e. The van der Waals surface area contributed by atoms with E-state index in [1.54, 1.807) is 12.1 Å². The van der Waals surface area contributed by atoms with Gasteiger partial charge in [-0.05, 0) is 66.8 Å². The highest BCUT2D eigenvalue weighted by Crippen LogP contribution is 2.31. The average molecular weight is 413 g/mol. The van der Waals surface area contributed by atoms with E-state index in [4.69, 9.17) is 10.2 Å². The van der Waals surface area contributed by atoms with Crippen LogP contribution in [-0.2, 0) is 17.6 Å². The van der Waals surface area contributed by atoms with Gasteiger partial charge in [-0.25, -0.2) is 0 Å². The first kappa shape index (κ1) is 21.0. The van der Waals surface area contributed by atoms with Gasteiger partial charge >= 0.3 is 0 Å². The third-order valence-electron chi connectivity index (χ3n) is 5.08. The molecule has 0 unspecified atom stereocenters. The molecule has 0 aliphatic heterocycles. The number of aryl methyl sites for hydroxylation is 1. The van der Waals surface area contributed by atoms with Crippen molar-refractivity contribution in [3.05, 3.63) is 53.6 Å². The molecule has 4 N–H and O–H groups in total. The summed E-state index contributed by atoms with van der Waals surface area (Å²) in [5.41, 5.74) is 10.3. The molecule has 0 saturated heterocycles. The molecule has 1 aliphatic carbocycles. The molecule has 7 nitrogen and oxygen atoms in total. The summed E-state index contributed by atoms with van der Waals surface area (Å²) in [6.45, 7) is 1.43. The molecular formula is C21H24N4O3S. The van der Waals surface area contributed by atoms with Crippen molar-refractivity contribution in [2.24, 2.45) is 5.73 Å². The highest BCUT2D eigenvalue weighted by atomic mass is 32.1. The third kappa shape index (κ3) is 4.50. The Morgan fingerprint density at radius 3 is 2.45 bits per heavy atom. The Labute approximate surface area is 175 Å². The Hall–Kier alpha value is -2.68. The molecule has 1 atom stereocenters. The lowest BCUT2D eigenvalue weighted by Gasteiger charge is -2.33. The Morgan fingerprint density at radius 1 is 1.14 bits per heavy atom. The summed E-state index contributed by atoms with van der Waals surface area (Å²) >= 11 is 0. The number of aromatic nitrogens is 2. The molecule has 152 valence electrons. The Kier molecular flexibility index (Phi) is 6.07. The van der Waals surface area contributed by atoms with Crippen molar-refractivity contribution in [2.45, 2.75) is 31.7 Å². The van der Waals surface area contributed by atoms with Gasteiger partial charge in [0.2, 0.25) is 17.7 Å². The number of nitrogens with zero attached hydrogens (tertiary/aromatic N) is 2. The number of rotatable bonds is 4. The maximum atomic E-state index is 11.1. The van der Waals surface area contributed by atoms with Crippen LogP contribution in [0.1, 0.15) is 24.5 Å². The van der Waals surface area contributed by atoms with Crippen LogP contribution in [0, 0.1) is 0 Å². The molecule has 3 aromatic rings. The number of nitrogens with one attached hydrogen (secondary N) is 1. The number of amides is 1. The number of hydrogen-bond donors (Lipinski definition) is 3. The molecule has 2 aromatic carbocycles. The number of hydrogen-bond acceptors (Lipinski definition) is 6. The second kappa shape index (κ2) is 8.36. The second-order valence-electron chi connectivity index (χ2n) is 7.35. The van der Waals surface area contributed by atoms with E-state index in [1.165, 1.54) is 12.5 Å². The van der Waals surface area contributed by atoms with Crippen LogP contribution in [-0.4, -0.2) is 33.4 Å². The SMILES string of the molecule is CC(=O)Nc1ccc(-c2nnc(-c3ccc4c(c3)C[C@](N)(CO)CC4)o2)cc1.S. The highest BCUT2D eigenvalue weighted by Gasteiger charge is 2.30. The largest absolute Gasteiger partial charge is 0.416 e. The van der Waals surface area contributed by atoms with Crippen molar-refractivity contribution in [3.63, 3.8) is 0 Å². The van der Waals surface area contributed by atoms with Gasteiger partial charge < -0.3 is 20.6 Å². The Bertz CT molecular complexity index is 1020. The first-order chi connectivity index (χ1) is 13.5. The zero-order valence-corrected chi connectivity index (χ0v) is 17.1. The van der Waals surface area contributed by atoms with Gasteiger partial charge in [-0.15, -0.1) is 10.2 Å². The van der Waals surface area contributed by atoms with Gasteiger partial charge in [-0.1, -0.05) is 6.07 Å². The van der Waals surface area contributed by atoms with Gasteiger partial charge in [-0.2, -0.15) is 13.5 Å². The van der Waals surface area contributed by atoms with Gasteiger partial charge in [0.05, 0.1) is 6.61 Å². The number of carbonyl (C=O) groups is 1. The van der Waals surface area contributed by atoms with Crippen LogP contribution in [0.25, 0.3) is 22.9 Å². The summed E-state index contributed by atoms with van der Waals surface area (Å²) in [5.74, 6) is 0.717. The van der Waals surface area contributed by atoms with Crippen LogP contribution in [0.3, 0.4) is 0 Å². The van der Waals surface area contributed by atoms with Crippen LogP contribution in [0.2, 0.25) is 0 Å². The fourth-order valence-electron chi connectivity index (χ4n) is 3.51. The van der Waals surface area contributed by atoms with E-state index in [2.05, 4.69) is 21.6 Å². The van der Waals surface area contributed by atoms with Crippen molar-refractivity contribution >= 4 is 25.1 Å². The number of fused-ring (bicyclic) bond motifs is 1. The standard InChI is InChI=1S/C21H22N4O3.H2S/c1-13(27)23-18-6-4-15(5-7-18)19-24-25-20(28-19)16-3-2-14-8-9-21(22,12-26)11-17(14)10-16;/h2-7,10,26H,8-9,11-12,22H2,1H3,(H,23,27);1H2/t21-;/m0./s1. The summed E-state index contributed by atoms with van der Waals surface area (Å²) in [6, 6.07) is 13.3. The lowest BCUT2D eigenvalue weighted by atomic mass is 9.78. The van der Waals surface area contributed by atoms with Gasteiger partial charge in [-0.3, -0.25) is 4.79 Å². The zero-order chi connectivity index (χ0) is 19.7. The Morgan fingerprint density at radius 2 is 1.79 bits per heavy atom. The number of aliphatic hydroxyl groups excluding tert-OH is 1. The number of anilines is 1. The molecule has 1 aromatic heterocycles. The number of benzene rings is 2. The summed E-state index contributed by atoms with van der Waals surface area (Å²) in [4.78, 5) is 11.1. The van der Waals surface area contributed by atoms with E-state index >= 15 is 0 Å². The number of aliphatic hydroxyl groups is 1. The van der Waals surface area contributed by atoms with E-state index in [-0.39, 0.29) is 26.0 Å². The van der Waals surface area contributed by atoms with Crippen molar-refractivity contribution in [3.8, 4) is 22.9 Å². The van der Waals surface area contributed by atoms with Crippen LogP contribution in [0.4, 0.5) is 5.69 Å². The molecule has 0 radical (unpaired) electrons. The third-order valence-corrected chi connectivity index (χ3v) is 5.08. The maximum absolute atomic E-state index is 11.1. The topological polar surface area (TPSA) is 114 Å². The smallest absolute Gasteiger partial charge is 0.248 e. The first-order valence-electron chi connectivity index (χ1n) is 9.19. The first-order valence-corrected chi connectivity index (χ1v) is 9.19. The lowest BCUT2D eigenvalue weighted by molar-refractivity contribution is -0.114. The molecule has 0 bridgehead atoms. The van der Waals surface area contributed by atoms with Gasteiger partial charge in [0.1, 0.15) is 0 Å². The molecule has 29 heavy (non-hydrogen) atoms. The fraction of sp³-hybridized carbons (Fsp3) is 0.286. The molecule has 0 fully saturated rings. The fourth-order valence-corrected chi connectivity index (χ4v) is 3.51. The van der Waals surface area contributed by atoms with E-state index in [1.807, 2.05) is 24.3 Å². The van der Waals surface area contributed by atoms with Gasteiger partial charge in [0.25, 0.3) is 0 Å². The summed E-state index contributed by atoms with van der Waals surface area (Å²) in [6.07, 6.45) is 2.25. The van der Waals surface area contributed by atoms with Crippen molar-refractivity contribution in [1.82, 2.24) is 10.2 Å². The van der Waals surface area contributed by atoms with Crippen LogP contribution in [0.5, 0.6) is 0 Å². The normalized spacial score (nSPS) is 17.9. The molecule has 0 saturated carbocycles. The van der Waals surface area contributed by atoms with Crippen LogP contribution < -0.4 is 11.1 Å². The van der Waals surface area contributed by atoms with Crippen molar-refractivity contribution in [1.29, 1.82) is 0 Å². The number of carbonyl (C=O) groups excluding carboxylic acids is 1. The van der Waals surface area contributed by atoms with E-state index < -0.39 is 5.54 Å². The highest BCUT2D eigenvalue weighted by molar-refractivity contribution is 7.59. The zero-order valence-electron chi connectivity index (χ0n) is 16.1. The monoisotopic (exact) mass is 412 g/mol. The van der Waals surface area contributed by atoms with Gasteiger partial charge in [0, 0.05) is 29.3 Å². The minimum Gasteiger partial charge on any atom is -0.416 e. The lowest BCUT2D eigenvalue weighted by Crippen LogP contribution is -2.48. The van der Waals surface area contributed by atoms with Gasteiger partial charge in [0.15, 0.2) is 0 Å². The Balaban J connectivity index is 0.00000240.